The van der Waals surface area contributed by atoms with Crippen LogP contribution in [0.3, 0.4) is 0 Å². The molecule has 0 radical (unpaired) electrons. The summed E-state index contributed by atoms with van der Waals surface area (Å²) in [6.45, 7) is 4.23. The Labute approximate surface area is 168 Å². The largest absolute Gasteiger partial charge is 0.368 e. The Bertz CT molecular complexity index is 1020. The molecular weight excluding hydrogens is 371 g/mol. The lowest BCUT2D eigenvalue weighted by Crippen LogP contribution is -2.44. The van der Waals surface area contributed by atoms with Gasteiger partial charge in [-0.1, -0.05) is 12.1 Å². The van der Waals surface area contributed by atoms with Gasteiger partial charge in [0.25, 0.3) is 0 Å². The molecule has 0 amide bonds. The molecule has 29 heavy (non-hydrogen) atoms. The SMILES string of the molecule is Fc1ccccc1Nc1nc(N2CCNCC2)nc2c(NCC3CC3)ncnc12. The lowest BCUT2D eigenvalue weighted by Gasteiger charge is -2.28. The number of rotatable bonds is 6. The average Bonchev–Trinajstić information content (AvgIpc) is 3.59. The maximum Gasteiger partial charge on any atom is 0.228 e. The highest BCUT2D eigenvalue weighted by atomic mass is 19.1. The number of para-hydroxylation sites is 1. The zero-order valence-corrected chi connectivity index (χ0v) is 16.0. The molecule has 3 N–H and O–H groups in total. The molecule has 150 valence electrons. The van der Waals surface area contributed by atoms with E-state index < -0.39 is 0 Å². The van der Waals surface area contributed by atoms with E-state index in [9.17, 15) is 4.39 Å². The maximum atomic E-state index is 14.3. The molecule has 1 aliphatic carbocycles. The maximum absolute atomic E-state index is 14.3. The van der Waals surface area contributed by atoms with Crippen molar-refractivity contribution in [3.05, 3.63) is 36.4 Å². The summed E-state index contributed by atoms with van der Waals surface area (Å²) in [7, 11) is 0. The topological polar surface area (TPSA) is 90.9 Å². The van der Waals surface area contributed by atoms with E-state index in [1.165, 1.54) is 25.2 Å². The second kappa shape index (κ2) is 7.75. The fourth-order valence-electron chi connectivity index (χ4n) is 3.41. The molecule has 9 heteroatoms. The molecule has 1 aromatic carbocycles. The quantitative estimate of drug-likeness (QED) is 0.588. The van der Waals surface area contributed by atoms with Crippen LogP contribution in [0.5, 0.6) is 0 Å². The predicted octanol–water partition coefficient (Wildman–Crippen LogP) is 2.53. The van der Waals surface area contributed by atoms with E-state index in [-0.39, 0.29) is 5.82 Å². The number of hydrogen-bond acceptors (Lipinski definition) is 8. The van der Waals surface area contributed by atoms with Gasteiger partial charge in [0.2, 0.25) is 5.95 Å². The second-order valence-electron chi connectivity index (χ2n) is 7.46. The van der Waals surface area contributed by atoms with Crippen molar-refractivity contribution in [3.8, 4) is 0 Å². The molecule has 8 nitrogen and oxygen atoms in total. The first-order valence-corrected chi connectivity index (χ1v) is 10.0. The van der Waals surface area contributed by atoms with Crippen molar-refractivity contribution in [1.29, 1.82) is 0 Å². The monoisotopic (exact) mass is 394 g/mol. The Morgan fingerprint density at radius 1 is 1.03 bits per heavy atom. The van der Waals surface area contributed by atoms with Crippen LogP contribution in [0.25, 0.3) is 11.0 Å². The van der Waals surface area contributed by atoms with Crippen molar-refractivity contribution in [2.75, 3.05) is 48.3 Å². The smallest absolute Gasteiger partial charge is 0.228 e. The lowest BCUT2D eigenvalue weighted by molar-refractivity contribution is 0.580. The van der Waals surface area contributed by atoms with Gasteiger partial charge in [-0.3, -0.25) is 0 Å². The van der Waals surface area contributed by atoms with E-state index in [4.69, 9.17) is 9.97 Å². The molecule has 0 unspecified atom stereocenters. The minimum Gasteiger partial charge on any atom is -0.368 e. The summed E-state index contributed by atoms with van der Waals surface area (Å²) >= 11 is 0. The normalized spacial score (nSPS) is 16.8. The number of fused-ring (bicyclic) bond motifs is 1. The Morgan fingerprint density at radius 3 is 2.66 bits per heavy atom. The van der Waals surface area contributed by atoms with E-state index in [0.717, 1.165) is 32.7 Å². The Kier molecular flexibility index (Phi) is 4.81. The van der Waals surface area contributed by atoms with E-state index in [1.54, 1.807) is 18.2 Å². The van der Waals surface area contributed by atoms with Gasteiger partial charge in [-0.15, -0.1) is 0 Å². The Balaban J connectivity index is 1.58. The fraction of sp³-hybridized carbons (Fsp3) is 0.400. The predicted molar refractivity (Wildman–Crippen MR) is 111 cm³/mol. The summed E-state index contributed by atoms with van der Waals surface area (Å²) < 4.78 is 14.3. The van der Waals surface area contributed by atoms with Crippen molar-refractivity contribution < 1.29 is 4.39 Å². The van der Waals surface area contributed by atoms with Gasteiger partial charge in [0.05, 0.1) is 5.69 Å². The van der Waals surface area contributed by atoms with Crippen LogP contribution in [0, 0.1) is 11.7 Å². The molecule has 0 bridgehead atoms. The molecule has 2 aromatic heterocycles. The van der Waals surface area contributed by atoms with Gasteiger partial charge >= 0.3 is 0 Å². The first-order chi connectivity index (χ1) is 14.3. The molecule has 2 fully saturated rings. The second-order valence-corrected chi connectivity index (χ2v) is 7.46. The standard InChI is InChI=1S/C20H23FN8/c21-14-3-1-2-4-15(14)26-19-16-17(18(25-12-24-16)23-11-13-5-6-13)27-20(28-19)29-9-7-22-8-10-29/h1-4,12-13,22H,5-11H2,(H,23,24,25)(H,26,27,28). The molecule has 0 atom stereocenters. The van der Waals surface area contributed by atoms with Crippen LogP contribution in [0.2, 0.25) is 0 Å². The van der Waals surface area contributed by atoms with E-state index in [2.05, 4.69) is 30.8 Å². The number of hydrogen-bond donors (Lipinski definition) is 3. The summed E-state index contributed by atoms with van der Waals surface area (Å²) in [6, 6.07) is 6.54. The van der Waals surface area contributed by atoms with Gasteiger partial charge in [0.1, 0.15) is 23.2 Å². The minimum atomic E-state index is -0.343. The van der Waals surface area contributed by atoms with Crippen LogP contribution in [-0.2, 0) is 0 Å². The summed E-state index contributed by atoms with van der Waals surface area (Å²) in [5, 5.41) is 9.86. The van der Waals surface area contributed by atoms with Crippen LogP contribution >= 0.6 is 0 Å². The van der Waals surface area contributed by atoms with Gasteiger partial charge < -0.3 is 20.9 Å². The van der Waals surface area contributed by atoms with E-state index in [1.807, 2.05) is 0 Å². The number of benzene rings is 1. The highest BCUT2D eigenvalue weighted by molar-refractivity contribution is 5.94. The van der Waals surface area contributed by atoms with Gasteiger partial charge in [-0.05, 0) is 30.9 Å². The number of nitrogens with one attached hydrogen (secondary N) is 3. The number of aromatic nitrogens is 4. The van der Waals surface area contributed by atoms with Crippen molar-refractivity contribution >= 4 is 34.3 Å². The van der Waals surface area contributed by atoms with Crippen LogP contribution in [-0.4, -0.2) is 52.7 Å². The summed E-state index contributed by atoms with van der Waals surface area (Å²) in [6.07, 6.45) is 3.99. The average molecular weight is 394 g/mol. The zero-order chi connectivity index (χ0) is 19.6. The molecule has 1 saturated carbocycles. The number of nitrogens with zero attached hydrogens (tertiary/aromatic N) is 5. The summed E-state index contributed by atoms with van der Waals surface area (Å²) in [4.78, 5) is 20.4. The van der Waals surface area contributed by atoms with Crippen LogP contribution < -0.4 is 20.9 Å². The third kappa shape index (κ3) is 3.91. The van der Waals surface area contributed by atoms with Crippen molar-refractivity contribution in [2.24, 2.45) is 5.92 Å². The van der Waals surface area contributed by atoms with Crippen molar-refractivity contribution in [1.82, 2.24) is 25.3 Å². The molecule has 3 heterocycles. The number of anilines is 4. The van der Waals surface area contributed by atoms with Gasteiger partial charge in [0, 0.05) is 32.7 Å². The van der Waals surface area contributed by atoms with Crippen molar-refractivity contribution in [3.63, 3.8) is 0 Å². The van der Waals surface area contributed by atoms with Crippen LogP contribution in [0.15, 0.2) is 30.6 Å². The molecule has 2 aliphatic rings. The molecule has 1 saturated heterocycles. The Morgan fingerprint density at radius 2 is 1.86 bits per heavy atom. The van der Waals surface area contributed by atoms with E-state index in [0.29, 0.717) is 40.2 Å². The number of piperazine rings is 1. The molecule has 3 aromatic rings. The van der Waals surface area contributed by atoms with E-state index >= 15 is 0 Å². The molecule has 0 spiro atoms. The highest BCUT2D eigenvalue weighted by Gasteiger charge is 2.23. The summed E-state index contributed by atoms with van der Waals surface area (Å²) in [5.74, 6) is 2.12. The third-order valence-electron chi connectivity index (χ3n) is 5.25. The zero-order valence-electron chi connectivity index (χ0n) is 16.0. The third-order valence-corrected chi connectivity index (χ3v) is 5.25. The molecular formula is C20H23FN8. The van der Waals surface area contributed by atoms with Gasteiger partial charge in [0.15, 0.2) is 11.6 Å². The Hall–Kier alpha value is -3.07. The first-order valence-electron chi connectivity index (χ1n) is 10.0. The molecule has 5 rings (SSSR count). The molecule has 1 aliphatic heterocycles. The van der Waals surface area contributed by atoms with Crippen LogP contribution in [0.4, 0.5) is 27.7 Å². The summed E-state index contributed by atoms with van der Waals surface area (Å²) in [5.41, 5.74) is 1.57. The van der Waals surface area contributed by atoms with Gasteiger partial charge in [-0.2, -0.15) is 4.98 Å². The first kappa shape index (κ1) is 18.0. The van der Waals surface area contributed by atoms with Crippen molar-refractivity contribution in [2.45, 2.75) is 12.8 Å². The number of halogens is 1. The highest BCUT2D eigenvalue weighted by Crippen LogP contribution is 2.31. The minimum absolute atomic E-state index is 0.343. The fourth-order valence-corrected chi connectivity index (χ4v) is 3.41. The van der Waals surface area contributed by atoms with Crippen LogP contribution in [0.1, 0.15) is 12.8 Å². The lowest BCUT2D eigenvalue weighted by atomic mass is 10.3. The van der Waals surface area contributed by atoms with Gasteiger partial charge in [-0.25, -0.2) is 19.3 Å².